The lowest BCUT2D eigenvalue weighted by molar-refractivity contribution is -0.131. The van der Waals surface area contributed by atoms with Gasteiger partial charge in [0.2, 0.25) is 11.8 Å². The van der Waals surface area contributed by atoms with Crippen LogP contribution in [0, 0.1) is 6.92 Å². The zero-order valence-corrected chi connectivity index (χ0v) is 16.7. The summed E-state index contributed by atoms with van der Waals surface area (Å²) in [6.07, 6.45) is 1.45. The lowest BCUT2D eigenvalue weighted by atomic mass is 10.1. The molecule has 28 heavy (non-hydrogen) atoms. The first-order valence-electron chi connectivity index (χ1n) is 9.05. The lowest BCUT2D eigenvalue weighted by Gasteiger charge is -2.19. The largest absolute Gasteiger partial charge is 0.348 e. The maximum Gasteiger partial charge on any atom is 0.240 e. The first-order valence-corrected chi connectivity index (χ1v) is 10.0. The van der Waals surface area contributed by atoms with Crippen molar-refractivity contribution < 1.29 is 14.4 Å². The number of thioether (sulfide) groups is 1. The third-order valence-electron chi connectivity index (χ3n) is 4.55. The summed E-state index contributed by atoms with van der Waals surface area (Å²) in [6.45, 7) is 3.66. The van der Waals surface area contributed by atoms with Crippen molar-refractivity contribution >= 4 is 29.4 Å². The fraction of sp³-hybridized carbons (Fsp3) is 0.227. The predicted molar refractivity (Wildman–Crippen MR) is 111 cm³/mol. The number of rotatable bonds is 6. The van der Waals surface area contributed by atoms with Gasteiger partial charge < -0.3 is 5.32 Å². The van der Waals surface area contributed by atoms with Gasteiger partial charge in [-0.25, -0.2) is 0 Å². The van der Waals surface area contributed by atoms with Gasteiger partial charge in [-0.15, -0.1) is 0 Å². The Morgan fingerprint density at radius 2 is 1.82 bits per heavy atom. The molecule has 2 amide bonds. The van der Waals surface area contributed by atoms with E-state index >= 15 is 0 Å². The number of carbonyl (C=O) groups is 3. The number of hydrogen-bond donors (Lipinski definition) is 1. The van der Waals surface area contributed by atoms with Gasteiger partial charge in [0, 0.05) is 11.6 Å². The van der Waals surface area contributed by atoms with Crippen LogP contribution in [0.3, 0.4) is 0 Å². The summed E-state index contributed by atoms with van der Waals surface area (Å²) in [5, 5.41) is 3.42. The second-order valence-corrected chi connectivity index (χ2v) is 7.63. The van der Waals surface area contributed by atoms with E-state index in [9.17, 15) is 14.4 Å². The highest BCUT2D eigenvalue weighted by Gasteiger charge is 2.29. The monoisotopic (exact) mass is 394 g/mol. The van der Waals surface area contributed by atoms with E-state index < -0.39 is 0 Å². The number of carbonyl (C=O) groups excluding carboxylic acids is 3. The number of amides is 2. The van der Waals surface area contributed by atoms with Gasteiger partial charge in [-0.1, -0.05) is 66.4 Å². The molecule has 6 heteroatoms. The van der Waals surface area contributed by atoms with Crippen molar-refractivity contribution in [3.05, 3.63) is 82.4 Å². The SMILES string of the molecule is Cc1ccccc1C(=O)/C=C1\SCC(=O)N1CC(=O)N[C@@H](C)c1ccccc1. The fourth-order valence-electron chi connectivity index (χ4n) is 3.00. The molecule has 1 aliphatic rings. The summed E-state index contributed by atoms with van der Waals surface area (Å²) >= 11 is 1.28. The molecule has 0 radical (unpaired) electrons. The number of hydrogen-bond acceptors (Lipinski definition) is 4. The molecule has 0 unspecified atom stereocenters. The van der Waals surface area contributed by atoms with Gasteiger partial charge in [0.15, 0.2) is 5.78 Å². The Balaban J connectivity index is 1.69. The van der Waals surface area contributed by atoms with Gasteiger partial charge in [0.1, 0.15) is 6.54 Å². The van der Waals surface area contributed by atoms with Gasteiger partial charge >= 0.3 is 0 Å². The summed E-state index contributed by atoms with van der Waals surface area (Å²) in [5.41, 5.74) is 2.46. The van der Waals surface area contributed by atoms with E-state index in [4.69, 9.17) is 0 Å². The molecule has 0 spiro atoms. The highest BCUT2D eigenvalue weighted by molar-refractivity contribution is 8.04. The van der Waals surface area contributed by atoms with E-state index in [1.807, 2.05) is 62.4 Å². The summed E-state index contributed by atoms with van der Waals surface area (Å²) in [5.74, 6) is -0.370. The van der Waals surface area contributed by atoms with Crippen LogP contribution in [-0.2, 0) is 9.59 Å². The van der Waals surface area contributed by atoms with E-state index in [1.165, 1.54) is 22.7 Å². The number of nitrogens with zero attached hydrogens (tertiary/aromatic N) is 1. The molecule has 5 nitrogen and oxygen atoms in total. The van der Waals surface area contributed by atoms with Crippen LogP contribution in [0.15, 0.2) is 65.7 Å². The quantitative estimate of drug-likeness (QED) is 0.602. The van der Waals surface area contributed by atoms with E-state index in [2.05, 4.69) is 5.32 Å². The van der Waals surface area contributed by atoms with Crippen LogP contribution in [0.25, 0.3) is 0 Å². The van der Waals surface area contributed by atoms with E-state index in [1.54, 1.807) is 6.07 Å². The van der Waals surface area contributed by atoms with Crippen molar-refractivity contribution in [1.82, 2.24) is 10.2 Å². The van der Waals surface area contributed by atoms with Crippen molar-refractivity contribution in [2.45, 2.75) is 19.9 Å². The standard InChI is InChI=1S/C22H22N2O3S/c1-15-8-6-7-11-18(15)19(25)12-22-24(21(27)14-28-22)13-20(26)23-16(2)17-9-4-3-5-10-17/h3-12,16H,13-14H2,1-2H3,(H,23,26)/b22-12-/t16-/m0/s1. The van der Waals surface area contributed by atoms with Crippen molar-refractivity contribution in [2.75, 3.05) is 12.3 Å². The first-order chi connectivity index (χ1) is 13.5. The minimum atomic E-state index is -0.263. The Hall–Kier alpha value is -2.86. The molecule has 1 saturated heterocycles. The molecule has 1 fully saturated rings. The topological polar surface area (TPSA) is 66.5 Å². The molecule has 2 aromatic rings. The summed E-state index contributed by atoms with van der Waals surface area (Å²) in [7, 11) is 0. The summed E-state index contributed by atoms with van der Waals surface area (Å²) in [4.78, 5) is 38.7. The molecule has 1 N–H and O–H groups in total. The highest BCUT2D eigenvalue weighted by Crippen LogP contribution is 2.29. The van der Waals surface area contributed by atoms with Crippen molar-refractivity contribution in [3.8, 4) is 0 Å². The van der Waals surface area contributed by atoms with Gasteiger partial charge in [0.05, 0.1) is 16.8 Å². The van der Waals surface area contributed by atoms with Crippen LogP contribution in [0.4, 0.5) is 0 Å². The zero-order chi connectivity index (χ0) is 20.1. The number of nitrogens with one attached hydrogen (secondary N) is 1. The Bertz CT molecular complexity index is 924. The Morgan fingerprint density at radius 1 is 1.14 bits per heavy atom. The van der Waals surface area contributed by atoms with Crippen molar-refractivity contribution in [1.29, 1.82) is 0 Å². The molecule has 0 aliphatic carbocycles. The van der Waals surface area contributed by atoms with Crippen LogP contribution in [-0.4, -0.2) is 34.8 Å². The number of allylic oxidation sites excluding steroid dienone is 1. The first kappa shape index (κ1) is 19.9. The summed E-state index contributed by atoms with van der Waals surface area (Å²) in [6, 6.07) is 16.8. The molecule has 144 valence electrons. The van der Waals surface area contributed by atoms with Crippen LogP contribution in [0.1, 0.15) is 34.5 Å². The molecular weight excluding hydrogens is 372 g/mol. The van der Waals surface area contributed by atoms with Crippen molar-refractivity contribution in [3.63, 3.8) is 0 Å². The number of ketones is 1. The maximum absolute atomic E-state index is 12.6. The molecule has 2 aromatic carbocycles. The van der Waals surface area contributed by atoms with Crippen molar-refractivity contribution in [2.24, 2.45) is 0 Å². The second kappa shape index (κ2) is 8.89. The minimum absolute atomic E-state index is 0.101. The molecule has 0 aromatic heterocycles. The van der Waals surface area contributed by atoms with E-state index in [-0.39, 0.29) is 35.9 Å². The predicted octanol–water partition coefficient (Wildman–Crippen LogP) is 3.47. The van der Waals surface area contributed by atoms with Gasteiger partial charge in [0.25, 0.3) is 0 Å². The average Bonchev–Trinajstić information content (AvgIpc) is 3.02. The zero-order valence-electron chi connectivity index (χ0n) is 15.8. The van der Waals surface area contributed by atoms with Gasteiger partial charge in [-0.2, -0.15) is 0 Å². The van der Waals surface area contributed by atoms with Crippen LogP contribution in [0.2, 0.25) is 0 Å². The second-order valence-electron chi connectivity index (χ2n) is 6.63. The van der Waals surface area contributed by atoms with Crippen LogP contribution >= 0.6 is 11.8 Å². The Kier molecular flexibility index (Phi) is 6.31. The van der Waals surface area contributed by atoms with Gasteiger partial charge in [-0.3, -0.25) is 19.3 Å². The fourth-order valence-corrected chi connectivity index (χ4v) is 3.93. The number of benzene rings is 2. The Labute approximate surface area is 168 Å². The smallest absolute Gasteiger partial charge is 0.240 e. The van der Waals surface area contributed by atoms with Crippen LogP contribution in [0.5, 0.6) is 0 Å². The molecule has 1 aliphatic heterocycles. The normalized spacial score (nSPS) is 16.3. The number of aryl methyl sites for hydroxylation is 1. The van der Waals surface area contributed by atoms with E-state index in [0.29, 0.717) is 10.6 Å². The van der Waals surface area contributed by atoms with Gasteiger partial charge in [-0.05, 0) is 25.0 Å². The van der Waals surface area contributed by atoms with E-state index in [0.717, 1.165) is 11.1 Å². The molecule has 0 bridgehead atoms. The lowest BCUT2D eigenvalue weighted by Crippen LogP contribution is -2.38. The molecule has 1 atom stereocenters. The maximum atomic E-state index is 12.6. The highest BCUT2D eigenvalue weighted by atomic mass is 32.2. The van der Waals surface area contributed by atoms with Crippen LogP contribution < -0.4 is 5.32 Å². The summed E-state index contributed by atoms with van der Waals surface area (Å²) < 4.78 is 0. The molecule has 1 heterocycles. The molecular formula is C22H22N2O3S. The minimum Gasteiger partial charge on any atom is -0.348 e. The Morgan fingerprint density at radius 3 is 2.54 bits per heavy atom. The molecule has 3 rings (SSSR count). The average molecular weight is 394 g/mol. The third-order valence-corrected chi connectivity index (χ3v) is 5.58. The third kappa shape index (κ3) is 4.70. The molecule has 0 saturated carbocycles.